The first-order chi connectivity index (χ1) is 7.04. The van der Waals surface area contributed by atoms with Crippen LogP contribution >= 0.6 is 0 Å². The van der Waals surface area contributed by atoms with Crippen molar-refractivity contribution in [2.24, 2.45) is 12.8 Å². The number of nitrogens with zero attached hydrogens (tertiary/aromatic N) is 2. The van der Waals surface area contributed by atoms with Crippen LogP contribution in [0, 0.1) is 0 Å². The zero-order chi connectivity index (χ0) is 11.4. The lowest BCUT2D eigenvalue weighted by Crippen LogP contribution is -2.38. The fourth-order valence-electron chi connectivity index (χ4n) is 0.980. The number of hydrogen-bond donors (Lipinski definition) is 2. The molecule has 6 nitrogen and oxygen atoms in total. The van der Waals surface area contributed by atoms with Gasteiger partial charge in [0.2, 0.25) is 0 Å². The smallest absolute Gasteiger partial charge is 0.271 e. The fraction of sp³-hybridized carbons (Fsp3) is 0.444. The first-order valence-corrected chi connectivity index (χ1v) is 4.60. The molecule has 0 aliphatic heterocycles. The second-order valence-corrected chi connectivity index (χ2v) is 3.29. The molecule has 1 amide bonds. The Kier molecular flexibility index (Phi) is 3.56. The molecule has 15 heavy (non-hydrogen) atoms. The van der Waals surface area contributed by atoms with E-state index in [4.69, 9.17) is 5.73 Å². The Morgan fingerprint density at radius 2 is 2.33 bits per heavy atom. The van der Waals surface area contributed by atoms with Crippen LogP contribution in [-0.4, -0.2) is 28.3 Å². The van der Waals surface area contributed by atoms with Gasteiger partial charge in [0.25, 0.3) is 11.5 Å². The average molecular weight is 210 g/mol. The number of nitrogens with two attached hydrogens (primary N) is 1. The normalized spacial score (nSPS) is 12.2. The number of carbonyl (C=O) groups is 1. The Morgan fingerprint density at radius 1 is 1.67 bits per heavy atom. The van der Waals surface area contributed by atoms with Gasteiger partial charge in [-0.05, 0) is 13.0 Å². The van der Waals surface area contributed by atoms with E-state index in [1.165, 1.54) is 19.2 Å². The molecule has 1 aromatic heterocycles. The molecule has 1 rings (SSSR count). The number of aromatic nitrogens is 2. The van der Waals surface area contributed by atoms with Crippen LogP contribution in [0.2, 0.25) is 0 Å². The summed E-state index contributed by atoms with van der Waals surface area (Å²) in [4.78, 5) is 22.6. The molecule has 1 heterocycles. The van der Waals surface area contributed by atoms with Gasteiger partial charge in [-0.1, -0.05) is 0 Å². The molecular formula is C9H14N4O2. The molecule has 0 bridgehead atoms. The maximum Gasteiger partial charge on any atom is 0.271 e. The van der Waals surface area contributed by atoms with Crippen LogP contribution < -0.4 is 16.6 Å². The minimum Gasteiger partial charge on any atom is -0.347 e. The van der Waals surface area contributed by atoms with Crippen LogP contribution in [0.3, 0.4) is 0 Å². The van der Waals surface area contributed by atoms with E-state index >= 15 is 0 Å². The number of hydrogen-bond acceptors (Lipinski definition) is 4. The molecule has 1 unspecified atom stereocenters. The lowest BCUT2D eigenvalue weighted by Gasteiger charge is -2.10. The third-order valence-electron chi connectivity index (χ3n) is 1.92. The molecule has 82 valence electrons. The first-order valence-electron chi connectivity index (χ1n) is 4.60. The van der Waals surface area contributed by atoms with Crippen molar-refractivity contribution in [3.63, 3.8) is 0 Å². The summed E-state index contributed by atoms with van der Waals surface area (Å²) in [6, 6.07) is 2.58. The maximum absolute atomic E-state index is 11.5. The van der Waals surface area contributed by atoms with Crippen LogP contribution in [0.15, 0.2) is 16.9 Å². The molecule has 3 N–H and O–H groups in total. The maximum atomic E-state index is 11.5. The molecule has 0 spiro atoms. The molecule has 0 aliphatic carbocycles. The number of nitrogens with one attached hydrogen (secondary N) is 1. The molecule has 0 saturated carbocycles. The highest BCUT2D eigenvalue weighted by Gasteiger charge is 2.10. The molecule has 0 aliphatic rings. The Balaban J connectivity index is 2.83. The monoisotopic (exact) mass is 210 g/mol. The van der Waals surface area contributed by atoms with Crippen LogP contribution in [0.1, 0.15) is 17.4 Å². The van der Waals surface area contributed by atoms with Gasteiger partial charge in [0, 0.05) is 25.7 Å². The SMILES string of the molecule is CC(CN)NC(=O)c1ccc(=O)n(C)n1. The van der Waals surface area contributed by atoms with E-state index in [-0.39, 0.29) is 23.2 Å². The first kappa shape index (κ1) is 11.4. The van der Waals surface area contributed by atoms with Crippen molar-refractivity contribution in [1.82, 2.24) is 15.1 Å². The summed E-state index contributed by atoms with van der Waals surface area (Å²) in [5, 5.41) is 6.46. The summed E-state index contributed by atoms with van der Waals surface area (Å²) in [5.74, 6) is -0.330. The van der Waals surface area contributed by atoms with Gasteiger partial charge in [-0.25, -0.2) is 4.68 Å². The number of amides is 1. The average Bonchev–Trinajstić information content (AvgIpc) is 2.21. The van der Waals surface area contributed by atoms with Crippen LogP contribution in [-0.2, 0) is 7.05 Å². The molecule has 6 heteroatoms. The zero-order valence-corrected chi connectivity index (χ0v) is 8.73. The van der Waals surface area contributed by atoms with Crippen LogP contribution in [0.4, 0.5) is 0 Å². The van der Waals surface area contributed by atoms with Gasteiger partial charge in [-0.2, -0.15) is 5.10 Å². The molecule has 0 saturated heterocycles. The summed E-state index contributed by atoms with van der Waals surface area (Å²) in [7, 11) is 1.49. The molecular weight excluding hydrogens is 196 g/mol. The predicted octanol–water partition coefficient (Wildman–Crippen LogP) is -1.14. The third kappa shape index (κ3) is 2.88. The largest absolute Gasteiger partial charge is 0.347 e. The van der Waals surface area contributed by atoms with Crippen LogP contribution in [0.5, 0.6) is 0 Å². The number of aryl methyl sites for hydroxylation is 1. The summed E-state index contributed by atoms with van der Waals surface area (Å²) in [6.45, 7) is 2.15. The molecule has 0 aromatic carbocycles. The van der Waals surface area contributed by atoms with Gasteiger partial charge >= 0.3 is 0 Å². The fourth-order valence-corrected chi connectivity index (χ4v) is 0.980. The van der Waals surface area contributed by atoms with Crippen molar-refractivity contribution in [2.45, 2.75) is 13.0 Å². The van der Waals surface area contributed by atoms with E-state index in [0.29, 0.717) is 6.54 Å². The summed E-state index contributed by atoms with van der Waals surface area (Å²) < 4.78 is 1.11. The van der Waals surface area contributed by atoms with E-state index in [1.807, 2.05) is 0 Å². The minimum absolute atomic E-state index is 0.114. The molecule has 1 aromatic rings. The van der Waals surface area contributed by atoms with E-state index in [9.17, 15) is 9.59 Å². The van der Waals surface area contributed by atoms with Crippen molar-refractivity contribution in [3.05, 3.63) is 28.2 Å². The Hall–Kier alpha value is -1.69. The summed E-state index contributed by atoms with van der Waals surface area (Å²) in [6.07, 6.45) is 0. The minimum atomic E-state index is -0.330. The van der Waals surface area contributed by atoms with Gasteiger partial charge in [-0.3, -0.25) is 9.59 Å². The summed E-state index contributed by atoms with van der Waals surface area (Å²) >= 11 is 0. The van der Waals surface area contributed by atoms with E-state index in [2.05, 4.69) is 10.4 Å². The highest BCUT2D eigenvalue weighted by atomic mass is 16.2. The highest BCUT2D eigenvalue weighted by molar-refractivity contribution is 5.92. The third-order valence-corrected chi connectivity index (χ3v) is 1.92. The zero-order valence-electron chi connectivity index (χ0n) is 8.73. The lowest BCUT2D eigenvalue weighted by molar-refractivity contribution is 0.0934. The van der Waals surface area contributed by atoms with Gasteiger partial charge < -0.3 is 11.1 Å². The van der Waals surface area contributed by atoms with Crippen molar-refractivity contribution >= 4 is 5.91 Å². The number of rotatable bonds is 3. The second kappa shape index (κ2) is 4.70. The second-order valence-electron chi connectivity index (χ2n) is 3.29. The topological polar surface area (TPSA) is 90.0 Å². The van der Waals surface area contributed by atoms with Crippen LogP contribution in [0.25, 0.3) is 0 Å². The molecule has 0 fully saturated rings. The molecule has 1 atom stereocenters. The van der Waals surface area contributed by atoms with Crippen molar-refractivity contribution < 1.29 is 4.79 Å². The lowest BCUT2D eigenvalue weighted by atomic mass is 10.3. The van der Waals surface area contributed by atoms with E-state index in [0.717, 1.165) is 4.68 Å². The van der Waals surface area contributed by atoms with E-state index in [1.54, 1.807) is 6.92 Å². The quantitative estimate of drug-likeness (QED) is 0.659. The highest BCUT2D eigenvalue weighted by Crippen LogP contribution is 1.91. The predicted molar refractivity (Wildman–Crippen MR) is 55.5 cm³/mol. The summed E-state index contributed by atoms with van der Waals surface area (Å²) in [5.41, 5.74) is 5.32. The van der Waals surface area contributed by atoms with E-state index < -0.39 is 0 Å². The van der Waals surface area contributed by atoms with Crippen molar-refractivity contribution in [3.8, 4) is 0 Å². The standard InChI is InChI=1S/C9H14N4O2/c1-6(5-10)11-9(15)7-3-4-8(14)13(2)12-7/h3-4,6H,5,10H2,1-2H3,(H,11,15). The Labute approximate surface area is 87.1 Å². The Bertz CT molecular complexity index is 413. The van der Waals surface area contributed by atoms with Gasteiger partial charge in [0.1, 0.15) is 5.69 Å². The van der Waals surface area contributed by atoms with Gasteiger partial charge in [0.05, 0.1) is 0 Å². The number of carbonyl (C=O) groups excluding carboxylic acids is 1. The van der Waals surface area contributed by atoms with Crippen molar-refractivity contribution in [1.29, 1.82) is 0 Å². The molecule has 0 radical (unpaired) electrons. The Morgan fingerprint density at radius 3 is 2.87 bits per heavy atom. The van der Waals surface area contributed by atoms with Gasteiger partial charge in [0.15, 0.2) is 0 Å². The van der Waals surface area contributed by atoms with Crippen molar-refractivity contribution in [2.75, 3.05) is 6.54 Å². The van der Waals surface area contributed by atoms with Gasteiger partial charge in [-0.15, -0.1) is 0 Å².